The van der Waals surface area contributed by atoms with Gasteiger partial charge in [-0.2, -0.15) is 0 Å². The Labute approximate surface area is 89.5 Å². The molecule has 0 heterocycles. The lowest BCUT2D eigenvalue weighted by molar-refractivity contribution is 0.376. The molecule has 0 aromatic rings. The number of hydrogen-bond donors (Lipinski definition) is 0. The predicted molar refractivity (Wildman–Crippen MR) is 65.5 cm³/mol. The highest BCUT2D eigenvalue weighted by atomic mass is 15.0. The monoisotopic (exact) mass is 195 g/mol. The first-order valence-electron chi connectivity index (χ1n) is 5.59. The van der Waals surface area contributed by atoms with E-state index >= 15 is 0 Å². The summed E-state index contributed by atoms with van der Waals surface area (Å²) in [6.45, 7) is 7.77. The Bertz CT molecular complexity index is 189. The van der Waals surface area contributed by atoms with Gasteiger partial charge in [0.15, 0.2) is 0 Å². The standard InChI is InChI=1S/C13H25N/c1-6-8-9-13(7-2)12(3)10-11-14(4)5/h7-9,12H,6,10-11H2,1-5H3/b9-8-,13-7+. The summed E-state index contributed by atoms with van der Waals surface area (Å²) < 4.78 is 0. The van der Waals surface area contributed by atoms with Gasteiger partial charge in [0.05, 0.1) is 0 Å². The largest absolute Gasteiger partial charge is 0.309 e. The molecule has 1 unspecified atom stereocenters. The molecule has 0 aromatic heterocycles. The Morgan fingerprint density at radius 2 is 2.00 bits per heavy atom. The van der Waals surface area contributed by atoms with Gasteiger partial charge in [0, 0.05) is 0 Å². The van der Waals surface area contributed by atoms with Gasteiger partial charge in [0.2, 0.25) is 0 Å². The summed E-state index contributed by atoms with van der Waals surface area (Å²) in [6.07, 6.45) is 9.09. The maximum Gasteiger partial charge on any atom is -0.00191 e. The number of allylic oxidation sites excluding steroid dienone is 4. The van der Waals surface area contributed by atoms with Crippen LogP contribution < -0.4 is 0 Å². The van der Waals surface area contributed by atoms with E-state index in [1.807, 2.05) is 0 Å². The quantitative estimate of drug-likeness (QED) is 0.586. The van der Waals surface area contributed by atoms with E-state index in [0.29, 0.717) is 5.92 Å². The molecule has 0 aromatic carbocycles. The fraction of sp³-hybridized carbons (Fsp3) is 0.692. The molecule has 0 radical (unpaired) electrons. The van der Waals surface area contributed by atoms with E-state index in [4.69, 9.17) is 0 Å². The third-order valence-electron chi connectivity index (χ3n) is 2.46. The van der Waals surface area contributed by atoms with Crippen LogP contribution in [0.2, 0.25) is 0 Å². The second-order valence-electron chi connectivity index (χ2n) is 4.09. The van der Waals surface area contributed by atoms with Gasteiger partial charge in [0.1, 0.15) is 0 Å². The van der Waals surface area contributed by atoms with Crippen LogP contribution in [-0.4, -0.2) is 25.5 Å². The minimum atomic E-state index is 0.671. The fourth-order valence-electron chi connectivity index (χ4n) is 1.42. The van der Waals surface area contributed by atoms with Crippen LogP contribution >= 0.6 is 0 Å². The summed E-state index contributed by atoms with van der Waals surface area (Å²) in [5, 5.41) is 0. The van der Waals surface area contributed by atoms with Crippen molar-refractivity contribution in [2.75, 3.05) is 20.6 Å². The van der Waals surface area contributed by atoms with Crippen molar-refractivity contribution in [2.24, 2.45) is 5.92 Å². The lowest BCUT2D eigenvalue weighted by Gasteiger charge is -2.16. The van der Waals surface area contributed by atoms with Crippen LogP contribution in [0.4, 0.5) is 0 Å². The molecule has 1 atom stereocenters. The van der Waals surface area contributed by atoms with E-state index in [1.165, 1.54) is 18.5 Å². The first-order chi connectivity index (χ1) is 6.61. The summed E-state index contributed by atoms with van der Waals surface area (Å²) >= 11 is 0. The molecular weight excluding hydrogens is 170 g/mol. The number of rotatable bonds is 6. The van der Waals surface area contributed by atoms with E-state index in [2.05, 4.69) is 58.0 Å². The highest BCUT2D eigenvalue weighted by Gasteiger charge is 2.05. The molecule has 1 nitrogen and oxygen atoms in total. The van der Waals surface area contributed by atoms with Gasteiger partial charge in [-0.05, 0) is 51.9 Å². The van der Waals surface area contributed by atoms with E-state index < -0.39 is 0 Å². The molecule has 0 rings (SSSR count). The highest BCUT2D eigenvalue weighted by Crippen LogP contribution is 2.16. The number of nitrogens with zero attached hydrogens (tertiary/aromatic N) is 1. The summed E-state index contributed by atoms with van der Waals surface area (Å²) in [5.74, 6) is 0.671. The van der Waals surface area contributed by atoms with Crippen LogP contribution in [0.5, 0.6) is 0 Å². The Balaban J connectivity index is 4.05. The van der Waals surface area contributed by atoms with Crippen LogP contribution in [0.3, 0.4) is 0 Å². The molecule has 0 fully saturated rings. The van der Waals surface area contributed by atoms with Crippen molar-refractivity contribution < 1.29 is 0 Å². The highest BCUT2D eigenvalue weighted by molar-refractivity contribution is 5.20. The van der Waals surface area contributed by atoms with Crippen LogP contribution in [0, 0.1) is 5.92 Å². The molecule has 0 aliphatic carbocycles. The first kappa shape index (κ1) is 13.4. The summed E-state index contributed by atoms with van der Waals surface area (Å²) in [6, 6.07) is 0. The van der Waals surface area contributed by atoms with Gasteiger partial charge in [-0.1, -0.05) is 32.1 Å². The van der Waals surface area contributed by atoms with Crippen molar-refractivity contribution in [1.82, 2.24) is 4.90 Å². The summed E-state index contributed by atoms with van der Waals surface area (Å²) in [7, 11) is 4.26. The van der Waals surface area contributed by atoms with Crippen molar-refractivity contribution in [2.45, 2.75) is 33.6 Å². The SMILES string of the molecule is C/C=C(\C=C/CC)C(C)CCN(C)C. The van der Waals surface area contributed by atoms with Gasteiger partial charge in [-0.15, -0.1) is 0 Å². The van der Waals surface area contributed by atoms with E-state index in [-0.39, 0.29) is 0 Å². The second kappa shape index (κ2) is 7.81. The Morgan fingerprint density at radius 1 is 1.36 bits per heavy atom. The zero-order valence-electron chi connectivity index (χ0n) is 10.4. The average Bonchev–Trinajstić information content (AvgIpc) is 2.16. The average molecular weight is 195 g/mol. The summed E-state index contributed by atoms with van der Waals surface area (Å²) in [5.41, 5.74) is 1.47. The van der Waals surface area contributed by atoms with Crippen LogP contribution in [0.15, 0.2) is 23.8 Å². The maximum atomic E-state index is 2.30. The molecule has 0 aliphatic rings. The molecule has 0 bridgehead atoms. The van der Waals surface area contributed by atoms with E-state index in [0.717, 1.165) is 6.42 Å². The Hall–Kier alpha value is -0.560. The molecule has 0 saturated carbocycles. The normalized spacial score (nSPS) is 15.4. The summed E-state index contributed by atoms with van der Waals surface area (Å²) in [4.78, 5) is 2.24. The minimum Gasteiger partial charge on any atom is -0.309 e. The zero-order chi connectivity index (χ0) is 11.0. The van der Waals surface area contributed by atoms with Crippen molar-refractivity contribution in [3.63, 3.8) is 0 Å². The van der Waals surface area contributed by atoms with Crippen LogP contribution in [0.1, 0.15) is 33.6 Å². The molecule has 14 heavy (non-hydrogen) atoms. The van der Waals surface area contributed by atoms with Crippen molar-refractivity contribution in [3.8, 4) is 0 Å². The van der Waals surface area contributed by atoms with Gasteiger partial charge < -0.3 is 4.90 Å². The third-order valence-corrected chi connectivity index (χ3v) is 2.46. The minimum absolute atomic E-state index is 0.671. The molecule has 0 amide bonds. The van der Waals surface area contributed by atoms with Gasteiger partial charge >= 0.3 is 0 Å². The number of hydrogen-bond acceptors (Lipinski definition) is 1. The van der Waals surface area contributed by atoms with E-state index in [9.17, 15) is 0 Å². The van der Waals surface area contributed by atoms with Gasteiger partial charge in [-0.3, -0.25) is 0 Å². The lowest BCUT2D eigenvalue weighted by Crippen LogP contribution is -2.16. The lowest BCUT2D eigenvalue weighted by atomic mass is 9.96. The molecule has 0 N–H and O–H groups in total. The Kier molecular flexibility index (Phi) is 7.50. The third kappa shape index (κ3) is 5.98. The fourth-order valence-corrected chi connectivity index (χ4v) is 1.42. The van der Waals surface area contributed by atoms with Crippen LogP contribution in [0.25, 0.3) is 0 Å². The molecule has 1 heteroatoms. The smallest absolute Gasteiger partial charge is 0.00191 e. The molecule has 0 aliphatic heterocycles. The predicted octanol–water partition coefficient (Wildman–Crippen LogP) is 3.49. The van der Waals surface area contributed by atoms with Crippen molar-refractivity contribution in [3.05, 3.63) is 23.8 Å². The van der Waals surface area contributed by atoms with Crippen LogP contribution in [-0.2, 0) is 0 Å². The Morgan fingerprint density at radius 3 is 2.43 bits per heavy atom. The maximum absolute atomic E-state index is 2.30. The first-order valence-corrected chi connectivity index (χ1v) is 5.59. The van der Waals surface area contributed by atoms with Crippen molar-refractivity contribution >= 4 is 0 Å². The molecule has 0 spiro atoms. The van der Waals surface area contributed by atoms with Gasteiger partial charge in [0.25, 0.3) is 0 Å². The topological polar surface area (TPSA) is 3.24 Å². The van der Waals surface area contributed by atoms with Gasteiger partial charge in [-0.25, -0.2) is 0 Å². The van der Waals surface area contributed by atoms with E-state index in [1.54, 1.807) is 0 Å². The zero-order valence-corrected chi connectivity index (χ0v) is 10.4. The molecule has 0 saturated heterocycles. The molecule has 82 valence electrons. The second-order valence-corrected chi connectivity index (χ2v) is 4.09. The van der Waals surface area contributed by atoms with Crippen molar-refractivity contribution in [1.29, 1.82) is 0 Å². The molecular formula is C13H25N.